The molecule has 0 amide bonds. The van der Waals surface area contributed by atoms with Crippen LogP contribution in [0.3, 0.4) is 0 Å². The van der Waals surface area contributed by atoms with Crippen molar-refractivity contribution < 1.29 is 0 Å². The predicted molar refractivity (Wildman–Crippen MR) is 73.9 cm³/mol. The first-order valence-corrected chi connectivity index (χ1v) is 7.41. The number of tetrazole rings is 1. The third-order valence-corrected chi connectivity index (χ3v) is 4.27. The predicted octanol–water partition coefficient (Wildman–Crippen LogP) is 2.57. The molecule has 5 nitrogen and oxygen atoms in total. The van der Waals surface area contributed by atoms with Crippen molar-refractivity contribution in [2.45, 2.75) is 48.3 Å². The summed E-state index contributed by atoms with van der Waals surface area (Å²) in [6.07, 6.45) is 3.32. The zero-order chi connectivity index (χ0) is 13.2. The van der Waals surface area contributed by atoms with Gasteiger partial charge in [0.2, 0.25) is 5.16 Å². The van der Waals surface area contributed by atoms with E-state index < -0.39 is 0 Å². The minimum atomic E-state index is 0.121. The Morgan fingerprint density at radius 1 is 1.37 bits per heavy atom. The lowest BCUT2D eigenvalue weighted by Crippen LogP contribution is -2.08. The van der Waals surface area contributed by atoms with E-state index in [1.54, 1.807) is 11.8 Å². The van der Waals surface area contributed by atoms with Crippen LogP contribution in [0.25, 0.3) is 0 Å². The number of aromatic nitrogens is 4. The van der Waals surface area contributed by atoms with Crippen molar-refractivity contribution in [3.05, 3.63) is 29.8 Å². The Balaban J connectivity index is 1.74. The molecule has 2 aromatic rings. The second-order valence-electron chi connectivity index (χ2n) is 4.82. The van der Waals surface area contributed by atoms with Gasteiger partial charge in [0.1, 0.15) is 0 Å². The molecule has 1 aromatic heterocycles. The van der Waals surface area contributed by atoms with Gasteiger partial charge in [-0.15, -0.1) is 5.10 Å². The molecule has 0 spiro atoms. The van der Waals surface area contributed by atoms with Crippen LogP contribution in [-0.4, -0.2) is 20.2 Å². The van der Waals surface area contributed by atoms with Crippen LogP contribution in [0, 0.1) is 0 Å². The fraction of sp³-hybridized carbons (Fsp3) is 0.462. The van der Waals surface area contributed by atoms with E-state index in [1.165, 1.54) is 18.4 Å². The Kier molecular flexibility index (Phi) is 3.52. The standard InChI is InChI=1S/C13H17N5S/c1-2-12(14)9-3-7-11(8-4-9)19-13-15-16-17-18(13)10-5-6-10/h3-4,7-8,10,12H,2,5-6,14H2,1H3. The Hall–Kier alpha value is -1.40. The van der Waals surface area contributed by atoms with Gasteiger partial charge in [-0.25, -0.2) is 4.68 Å². The van der Waals surface area contributed by atoms with Crippen LogP contribution in [-0.2, 0) is 0 Å². The first kappa shape index (κ1) is 12.6. The number of hydrogen-bond donors (Lipinski definition) is 1. The number of rotatable bonds is 5. The van der Waals surface area contributed by atoms with Crippen LogP contribution in [0.2, 0.25) is 0 Å². The van der Waals surface area contributed by atoms with Crippen molar-refractivity contribution in [1.82, 2.24) is 20.2 Å². The lowest BCUT2D eigenvalue weighted by atomic mass is 10.1. The molecule has 0 bridgehead atoms. The molecule has 1 aliphatic rings. The SMILES string of the molecule is CCC(N)c1ccc(Sc2nnnn2C2CC2)cc1. The van der Waals surface area contributed by atoms with Crippen LogP contribution >= 0.6 is 11.8 Å². The summed E-state index contributed by atoms with van der Waals surface area (Å²) in [7, 11) is 0. The van der Waals surface area contributed by atoms with E-state index in [2.05, 4.69) is 46.7 Å². The summed E-state index contributed by atoms with van der Waals surface area (Å²) >= 11 is 1.60. The monoisotopic (exact) mass is 275 g/mol. The van der Waals surface area contributed by atoms with E-state index in [0.717, 1.165) is 16.5 Å². The van der Waals surface area contributed by atoms with Crippen LogP contribution in [0.15, 0.2) is 34.3 Å². The van der Waals surface area contributed by atoms with E-state index in [9.17, 15) is 0 Å². The zero-order valence-corrected chi connectivity index (χ0v) is 11.7. The van der Waals surface area contributed by atoms with Gasteiger partial charge in [0.15, 0.2) is 0 Å². The number of nitrogens with two attached hydrogens (primary N) is 1. The molecule has 0 saturated heterocycles. The second kappa shape index (κ2) is 5.30. The van der Waals surface area contributed by atoms with E-state index in [4.69, 9.17) is 5.73 Å². The maximum absolute atomic E-state index is 6.01. The smallest absolute Gasteiger partial charge is 0.214 e. The van der Waals surface area contributed by atoms with Crippen LogP contribution < -0.4 is 5.73 Å². The minimum Gasteiger partial charge on any atom is -0.324 e. The van der Waals surface area contributed by atoms with E-state index in [0.29, 0.717) is 6.04 Å². The molecule has 1 saturated carbocycles. The van der Waals surface area contributed by atoms with Gasteiger partial charge < -0.3 is 5.73 Å². The van der Waals surface area contributed by atoms with Crippen molar-refractivity contribution in [2.24, 2.45) is 5.73 Å². The molecule has 1 aliphatic carbocycles. The molecule has 0 radical (unpaired) electrons. The van der Waals surface area contributed by atoms with Gasteiger partial charge in [0, 0.05) is 10.9 Å². The molecule has 6 heteroatoms. The van der Waals surface area contributed by atoms with Gasteiger partial charge in [-0.3, -0.25) is 0 Å². The molecule has 1 atom stereocenters. The molecular weight excluding hydrogens is 258 g/mol. The molecule has 1 unspecified atom stereocenters. The number of benzene rings is 1. The Bertz CT molecular complexity index is 546. The van der Waals surface area contributed by atoms with Gasteiger partial charge >= 0.3 is 0 Å². The molecule has 2 N–H and O–H groups in total. The van der Waals surface area contributed by atoms with Gasteiger partial charge in [-0.2, -0.15) is 0 Å². The fourth-order valence-corrected chi connectivity index (χ4v) is 2.76. The summed E-state index contributed by atoms with van der Waals surface area (Å²) < 4.78 is 1.93. The number of hydrogen-bond acceptors (Lipinski definition) is 5. The van der Waals surface area contributed by atoms with Crippen molar-refractivity contribution in [1.29, 1.82) is 0 Å². The number of nitrogens with zero attached hydrogens (tertiary/aromatic N) is 4. The summed E-state index contributed by atoms with van der Waals surface area (Å²) in [5.41, 5.74) is 7.18. The molecular formula is C13H17N5S. The van der Waals surface area contributed by atoms with Crippen molar-refractivity contribution in [3.8, 4) is 0 Å². The highest BCUT2D eigenvalue weighted by Crippen LogP contribution is 2.38. The normalized spacial score (nSPS) is 16.5. The van der Waals surface area contributed by atoms with Gasteiger partial charge in [0.25, 0.3) is 0 Å². The molecule has 19 heavy (non-hydrogen) atoms. The Labute approximate surface area is 116 Å². The summed E-state index contributed by atoms with van der Waals surface area (Å²) in [5.74, 6) is 0. The van der Waals surface area contributed by atoms with E-state index in [1.807, 2.05) is 4.68 Å². The highest BCUT2D eigenvalue weighted by atomic mass is 32.2. The van der Waals surface area contributed by atoms with Crippen molar-refractivity contribution in [2.75, 3.05) is 0 Å². The second-order valence-corrected chi connectivity index (χ2v) is 5.86. The lowest BCUT2D eigenvalue weighted by molar-refractivity contribution is 0.565. The Morgan fingerprint density at radius 3 is 2.74 bits per heavy atom. The quantitative estimate of drug-likeness (QED) is 0.908. The average Bonchev–Trinajstić information content (AvgIpc) is 3.19. The fourth-order valence-electron chi connectivity index (χ4n) is 1.93. The van der Waals surface area contributed by atoms with Crippen molar-refractivity contribution in [3.63, 3.8) is 0 Å². The molecule has 3 rings (SSSR count). The third-order valence-electron chi connectivity index (χ3n) is 3.31. The third kappa shape index (κ3) is 2.79. The summed E-state index contributed by atoms with van der Waals surface area (Å²) in [5, 5.41) is 12.8. The maximum Gasteiger partial charge on any atom is 0.214 e. The highest BCUT2D eigenvalue weighted by Gasteiger charge is 2.28. The van der Waals surface area contributed by atoms with Crippen molar-refractivity contribution >= 4 is 11.8 Å². The zero-order valence-electron chi connectivity index (χ0n) is 10.9. The van der Waals surface area contributed by atoms with E-state index in [-0.39, 0.29) is 6.04 Å². The maximum atomic E-state index is 6.01. The largest absolute Gasteiger partial charge is 0.324 e. The topological polar surface area (TPSA) is 69.6 Å². The first-order chi connectivity index (χ1) is 9.28. The van der Waals surface area contributed by atoms with Crippen LogP contribution in [0.5, 0.6) is 0 Å². The van der Waals surface area contributed by atoms with E-state index >= 15 is 0 Å². The van der Waals surface area contributed by atoms with Gasteiger partial charge in [0.05, 0.1) is 6.04 Å². The molecule has 100 valence electrons. The summed E-state index contributed by atoms with van der Waals surface area (Å²) in [6.45, 7) is 2.09. The molecule has 1 aromatic carbocycles. The van der Waals surface area contributed by atoms with Gasteiger partial charge in [-0.1, -0.05) is 19.1 Å². The Morgan fingerprint density at radius 2 is 2.11 bits per heavy atom. The lowest BCUT2D eigenvalue weighted by Gasteiger charge is -2.09. The van der Waals surface area contributed by atoms with Crippen LogP contribution in [0.1, 0.15) is 43.8 Å². The van der Waals surface area contributed by atoms with Gasteiger partial charge in [-0.05, 0) is 59.1 Å². The average molecular weight is 275 g/mol. The molecule has 1 fully saturated rings. The minimum absolute atomic E-state index is 0.121. The first-order valence-electron chi connectivity index (χ1n) is 6.59. The van der Waals surface area contributed by atoms with Crippen LogP contribution in [0.4, 0.5) is 0 Å². The molecule has 0 aliphatic heterocycles. The summed E-state index contributed by atoms with van der Waals surface area (Å²) in [4.78, 5) is 1.14. The highest BCUT2D eigenvalue weighted by molar-refractivity contribution is 7.99. The molecule has 1 heterocycles. The summed E-state index contributed by atoms with van der Waals surface area (Å²) in [6, 6.07) is 8.97.